The number of nitrogens with zero attached hydrogens (tertiary/aromatic N) is 2. The van der Waals surface area contributed by atoms with Crippen molar-refractivity contribution in [1.82, 2.24) is 19.9 Å². The topological polar surface area (TPSA) is 172 Å². The number of H-pyrrole nitrogens is 2. The van der Waals surface area contributed by atoms with Crippen LogP contribution in [0.25, 0.3) is 44.9 Å². The van der Waals surface area contributed by atoms with Gasteiger partial charge < -0.3 is 30.4 Å². The number of aryl methyl sites for hydroxylation is 3. The zero-order valence-corrected chi connectivity index (χ0v) is 24.9. The molecule has 6 N–H and O–H groups in total. The number of hydrogen-bond acceptors (Lipinski definition) is 6. The van der Waals surface area contributed by atoms with E-state index in [-0.39, 0.29) is 25.7 Å². The largest absolute Gasteiger partial charge is 0.481 e. The van der Waals surface area contributed by atoms with E-state index in [4.69, 9.17) is 9.97 Å². The highest BCUT2D eigenvalue weighted by atomic mass is 16.4. The number of rotatable bonds is 8. The van der Waals surface area contributed by atoms with Gasteiger partial charge in [0.25, 0.3) is 0 Å². The van der Waals surface area contributed by atoms with E-state index in [1.165, 1.54) is 0 Å². The fraction of sp³-hybridized carbons (Fsp3) is 0.333. The molecule has 0 radical (unpaired) electrons. The third kappa shape index (κ3) is 5.89. The lowest BCUT2D eigenvalue weighted by molar-refractivity contribution is -0.137. The molecule has 2 aliphatic rings. The van der Waals surface area contributed by atoms with Crippen molar-refractivity contribution in [1.29, 1.82) is 0 Å². The summed E-state index contributed by atoms with van der Waals surface area (Å²) < 4.78 is 0. The van der Waals surface area contributed by atoms with Crippen LogP contribution in [0.3, 0.4) is 0 Å². The van der Waals surface area contributed by atoms with Gasteiger partial charge >= 0.3 is 11.9 Å². The van der Waals surface area contributed by atoms with Gasteiger partial charge in [0.1, 0.15) is 0 Å². The Morgan fingerprint density at radius 1 is 0.744 bits per heavy atom. The van der Waals surface area contributed by atoms with Crippen molar-refractivity contribution in [3.8, 4) is 0 Å². The number of aliphatic hydroxyl groups excluding tert-OH is 2. The lowest BCUT2D eigenvalue weighted by atomic mass is 10.0. The lowest BCUT2D eigenvalue weighted by Gasteiger charge is -2.07. The number of allylic oxidation sites excluding steroid dienone is 2. The normalized spacial score (nSPS) is 14.5. The van der Waals surface area contributed by atoms with Crippen molar-refractivity contribution in [3.05, 3.63) is 69.3 Å². The first kappa shape index (κ1) is 29.9. The molecule has 3 aromatic rings. The Labute approximate surface area is 248 Å². The summed E-state index contributed by atoms with van der Waals surface area (Å²) in [5.74, 6) is -1.83. The summed E-state index contributed by atoms with van der Waals surface area (Å²) in [7, 11) is 0. The van der Waals surface area contributed by atoms with E-state index in [2.05, 4.69) is 9.97 Å². The van der Waals surface area contributed by atoms with Crippen LogP contribution in [0.4, 0.5) is 0 Å². The maximum Gasteiger partial charge on any atom is 0.303 e. The Balaban J connectivity index is 1.92. The molecule has 0 aliphatic carbocycles. The third-order valence-electron chi connectivity index (χ3n) is 8.19. The van der Waals surface area contributed by atoms with Crippen LogP contribution in [0.1, 0.15) is 91.2 Å². The number of aromatic nitrogens is 4. The molecule has 0 saturated carbocycles. The molecule has 2 unspecified atom stereocenters. The number of aromatic amines is 2. The summed E-state index contributed by atoms with van der Waals surface area (Å²) in [6.07, 6.45) is 0.708. The minimum Gasteiger partial charge on any atom is -0.481 e. The van der Waals surface area contributed by atoms with Gasteiger partial charge in [-0.2, -0.15) is 0 Å². The van der Waals surface area contributed by atoms with E-state index in [1.54, 1.807) is 13.8 Å². The molecule has 2 atom stereocenters. The maximum absolute atomic E-state index is 11.5. The van der Waals surface area contributed by atoms with E-state index in [0.29, 0.717) is 39.4 Å². The van der Waals surface area contributed by atoms with Crippen molar-refractivity contribution in [3.63, 3.8) is 0 Å². The Hall–Kier alpha value is -4.54. The molecule has 0 aromatic carbocycles. The molecular formula is C33H36N4O6. The fourth-order valence-electron chi connectivity index (χ4n) is 6.03. The molecule has 10 nitrogen and oxygen atoms in total. The zero-order valence-electron chi connectivity index (χ0n) is 24.9. The number of carboxylic acids is 2. The number of aliphatic hydroxyl groups is 2. The molecule has 0 fully saturated rings. The average molecular weight is 585 g/mol. The Bertz CT molecular complexity index is 1870. The van der Waals surface area contributed by atoms with Gasteiger partial charge in [0, 0.05) is 46.0 Å². The summed E-state index contributed by atoms with van der Waals surface area (Å²) in [4.78, 5) is 39.5. The van der Waals surface area contributed by atoms with Gasteiger partial charge in [0.05, 0.1) is 35.0 Å². The Kier molecular flexibility index (Phi) is 8.09. The molecular weight excluding hydrogens is 548 g/mol. The summed E-state index contributed by atoms with van der Waals surface area (Å²) in [5.41, 5.74) is 10.7. The van der Waals surface area contributed by atoms with Crippen molar-refractivity contribution in [2.24, 2.45) is 0 Å². The van der Waals surface area contributed by atoms with Crippen LogP contribution < -0.4 is 0 Å². The van der Waals surface area contributed by atoms with Crippen LogP contribution in [0, 0.1) is 13.8 Å². The predicted octanol–water partition coefficient (Wildman–Crippen LogP) is 5.72. The molecule has 224 valence electrons. The van der Waals surface area contributed by atoms with E-state index in [1.807, 2.05) is 51.1 Å². The second kappa shape index (κ2) is 11.6. The predicted molar refractivity (Wildman–Crippen MR) is 166 cm³/mol. The van der Waals surface area contributed by atoms with Gasteiger partial charge in [-0.05, 0) is 106 Å². The first-order chi connectivity index (χ1) is 20.3. The SMILES string of the molecule is CC1=C(C(C)O)c2cc3[nH]c(cc4nc(cc5[nH]c(cc1n2)c(C(C)O)c5C)C=C4CCC(=O)O)c(CCC(=O)O)c3C. The molecule has 0 amide bonds. The molecule has 5 heterocycles. The van der Waals surface area contributed by atoms with Crippen molar-refractivity contribution >= 4 is 56.8 Å². The van der Waals surface area contributed by atoms with Crippen molar-refractivity contribution in [2.45, 2.75) is 72.5 Å². The zero-order chi connectivity index (χ0) is 31.2. The lowest BCUT2D eigenvalue weighted by Crippen LogP contribution is -2.02. The number of carbonyl (C=O) groups is 2. The van der Waals surface area contributed by atoms with Gasteiger partial charge in [-0.1, -0.05) is 0 Å². The molecule has 0 saturated heterocycles. The molecule has 10 heteroatoms. The van der Waals surface area contributed by atoms with Crippen LogP contribution in [-0.4, -0.2) is 58.4 Å². The monoisotopic (exact) mass is 584 g/mol. The number of fused-ring (bicyclic) bond motifs is 8. The van der Waals surface area contributed by atoms with Gasteiger partial charge in [-0.25, -0.2) is 9.97 Å². The quantitative estimate of drug-likeness (QED) is 0.195. The molecule has 0 spiro atoms. The summed E-state index contributed by atoms with van der Waals surface area (Å²) in [6, 6.07) is 7.44. The van der Waals surface area contributed by atoms with Crippen LogP contribution in [0.15, 0.2) is 24.3 Å². The molecule has 8 bridgehead atoms. The molecule has 43 heavy (non-hydrogen) atoms. The van der Waals surface area contributed by atoms with Crippen LogP contribution >= 0.6 is 0 Å². The van der Waals surface area contributed by atoms with Gasteiger partial charge in [-0.15, -0.1) is 0 Å². The summed E-state index contributed by atoms with van der Waals surface area (Å²) >= 11 is 0. The standard InChI is InChI=1S/C33H36N4O6/c1-15-22(7-9-31(42)43)27-14-26-20(6-8-30(40)41)10-21(34-26)11-23-16(2)32(18(4)38)29(36-23)13-25-17(3)33(19(5)39)28(37-25)12-24(15)35-27/h10-14,18-19,35-36,38-39H,6-9H2,1-5H3,(H,40,41)(H,42,43). The van der Waals surface area contributed by atoms with E-state index >= 15 is 0 Å². The second-order valence-electron chi connectivity index (χ2n) is 11.3. The molecule has 3 aromatic heterocycles. The highest BCUT2D eigenvalue weighted by Gasteiger charge is 2.23. The summed E-state index contributed by atoms with van der Waals surface area (Å²) in [6.45, 7) is 9.13. The van der Waals surface area contributed by atoms with Crippen LogP contribution in [-0.2, 0) is 16.0 Å². The highest BCUT2D eigenvalue weighted by molar-refractivity contribution is 5.95. The minimum absolute atomic E-state index is 0.0656. The second-order valence-corrected chi connectivity index (χ2v) is 11.3. The first-order valence-corrected chi connectivity index (χ1v) is 14.3. The molecule has 5 rings (SSSR count). The van der Waals surface area contributed by atoms with Crippen LogP contribution in [0.2, 0.25) is 0 Å². The van der Waals surface area contributed by atoms with Crippen LogP contribution in [0.5, 0.6) is 0 Å². The first-order valence-electron chi connectivity index (χ1n) is 14.3. The summed E-state index contributed by atoms with van der Waals surface area (Å²) in [5, 5.41) is 40.3. The number of hydrogen-bond donors (Lipinski definition) is 6. The number of carboxylic acid groups (broad SMARTS) is 2. The minimum atomic E-state index is -0.918. The van der Waals surface area contributed by atoms with Gasteiger partial charge in [0.2, 0.25) is 0 Å². The van der Waals surface area contributed by atoms with Gasteiger partial charge in [0.15, 0.2) is 0 Å². The smallest absolute Gasteiger partial charge is 0.303 e. The van der Waals surface area contributed by atoms with Crippen molar-refractivity contribution in [2.75, 3.05) is 0 Å². The molecule has 2 aliphatic heterocycles. The Morgan fingerprint density at radius 3 is 2.00 bits per heavy atom. The van der Waals surface area contributed by atoms with Crippen molar-refractivity contribution < 1.29 is 30.0 Å². The van der Waals surface area contributed by atoms with E-state index < -0.39 is 24.1 Å². The highest BCUT2D eigenvalue weighted by Crippen LogP contribution is 2.36. The van der Waals surface area contributed by atoms with E-state index in [9.17, 15) is 30.0 Å². The van der Waals surface area contributed by atoms with Gasteiger partial charge in [-0.3, -0.25) is 9.59 Å². The third-order valence-corrected chi connectivity index (χ3v) is 8.19. The number of aliphatic carboxylic acids is 2. The fourth-order valence-corrected chi connectivity index (χ4v) is 6.03. The average Bonchev–Trinajstić information content (AvgIpc) is 3.61. The van der Waals surface area contributed by atoms with E-state index in [0.717, 1.165) is 44.4 Å². The Morgan fingerprint density at radius 2 is 1.35 bits per heavy atom. The number of nitrogens with one attached hydrogen (secondary N) is 2. The maximum atomic E-state index is 11.5.